The van der Waals surface area contributed by atoms with Crippen LogP contribution in [0.4, 0.5) is 5.00 Å². The number of carbonyl (C=O) groups excluding carboxylic acids is 1. The third kappa shape index (κ3) is 4.59. The summed E-state index contributed by atoms with van der Waals surface area (Å²) in [6.07, 6.45) is 4.56. The fourth-order valence-corrected chi connectivity index (χ4v) is 6.82. The van der Waals surface area contributed by atoms with Crippen LogP contribution in [0, 0.1) is 17.2 Å². The van der Waals surface area contributed by atoms with Gasteiger partial charge in [0.05, 0.1) is 16.6 Å². The number of rotatable bonds is 6. The number of fused-ring (bicyclic) bond motifs is 1. The molecule has 1 amide bonds. The molecule has 0 unspecified atom stereocenters. The Morgan fingerprint density at radius 3 is 2.72 bits per heavy atom. The Balaban J connectivity index is 1.47. The molecule has 1 fully saturated rings. The van der Waals surface area contributed by atoms with E-state index in [1.807, 2.05) is 0 Å². The third-order valence-corrected chi connectivity index (χ3v) is 9.17. The number of benzene rings is 1. The topological polar surface area (TPSA) is 99.5 Å². The Morgan fingerprint density at radius 1 is 1.31 bits per heavy atom. The van der Waals surface area contributed by atoms with Crippen molar-refractivity contribution in [1.29, 1.82) is 5.26 Å². The number of carbonyl (C=O) groups is 1. The Bertz CT molecular complexity index is 1140. The van der Waals surface area contributed by atoms with Crippen LogP contribution < -0.4 is 5.32 Å². The number of anilines is 1. The lowest BCUT2D eigenvalue weighted by Gasteiger charge is -2.20. The van der Waals surface area contributed by atoms with Crippen molar-refractivity contribution >= 4 is 32.3 Å². The molecule has 170 valence electrons. The predicted octanol–water partition coefficient (Wildman–Crippen LogP) is 3.80. The van der Waals surface area contributed by atoms with E-state index in [4.69, 9.17) is 4.74 Å². The van der Waals surface area contributed by atoms with Gasteiger partial charge in [0.25, 0.3) is 5.91 Å². The molecule has 9 heteroatoms. The van der Waals surface area contributed by atoms with E-state index in [-0.39, 0.29) is 16.9 Å². The lowest BCUT2D eigenvalue weighted by Crippen LogP contribution is -2.34. The number of nitrogens with one attached hydrogen (secondary N) is 1. The average Bonchev–Trinajstić information content (AvgIpc) is 3.40. The molecular formula is C23H27N3O4S2. The smallest absolute Gasteiger partial charge is 0.256 e. The van der Waals surface area contributed by atoms with Crippen molar-refractivity contribution in [2.75, 3.05) is 25.5 Å². The Hall–Kier alpha value is -2.25. The molecule has 32 heavy (non-hydrogen) atoms. The SMILES string of the molecule is C[C@H]1CCc2c(sc(NC(=O)c3ccc(S(=O)(=O)N(C)C[C@@H]4CCCO4)cc3)c2C#N)C1. The molecule has 4 rings (SSSR count). The van der Waals surface area contributed by atoms with Gasteiger partial charge in [-0.15, -0.1) is 11.3 Å². The monoisotopic (exact) mass is 473 g/mol. The van der Waals surface area contributed by atoms with Crippen LogP contribution in [-0.2, 0) is 27.6 Å². The van der Waals surface area contributed by atoms with Gasteiger partial charge in [0.2, 0.25) is 10.0 Å². The summed E-state index contributed by atoms with van der Waals surface area (Å²) in [5, 5.41) is 13.1. The summed E-state index contributed by atoms with van der Waals surface area (Å²) in [5.74, 6) is 0.217. The number of ether oxygens (including phenoxy) is 1. The van der Waals surface area contributed by atoms with E-state index in [1.165, 1.54) is 44.8 Å². The molecule has 0 saturated carbocycles. The fraction of sp³-hybridized carbons (Fsp3) is 0.478. The van der Waals surface area contributed by atoms with Crippen LogP contribution in [0.1, 0.15) is 52.5 Å². The Kier molecular flexibility index (Phi) is 6.67. The van der Waals surface area contributed by atoms with Crippen molar-refractivity contribution < 1.29 is 17.9 Å². The quantitative estimate of drug-likeness (QED) is 0.688. The Labute approximate surface area is 193 Å². The first-order chi connectivity index (χ1) is 15.3. The molecule has 0 bridgehead atoms. The summed E-state index contributed by atoms with van der Waals surface area (Å²) in [6.45, 7) is 3.17. The molecule has 2 atom stereocenters. The van der Waals surface area contributed by atoms with Crippen molar-refractivity contribution in [1.82, 2.24) is 4.31 Å². The van der Waals surface area contributed by atoms with Gasteiger partial charge >= 0.3 is 0 Å². The lowest BCUT2D eigenvalue weighted by molar-refractivity contribution is 0.0979. The number of likely N-dealkylation sites (N-methyl/N-ethyl adjacent to an activating group) is 1. The number of nitriles is 1. The van der Waals surface area contributed by atoms with Crippen LogP contribution >= 0.6 is 11.3 Å². The second-order valence-corrected chi connectivity index (χ2v) is 11.7. The van der Waals surface area contributed by atoms with Gasteiger partial charge in [-0.1, -0.05) is 6.92 Å². The first-order valence-electron chi connectivity index (χ1n) is 10.8. The zero-order valence-electron chi connectivity index (χ0n) is 18.3. The van der Waals surface area contributed by atoms with Crippen molar-refractivity contribution in [2.24, 2.45) is 5.92 Å². The number of amides is 1. The van der Waals surface area contributed by atoms with Gasteiger partial charge in [-0.3, -0.25) is 4.79 Å². The maximum Gasteiger partial charge on any atom is 0.256 e. The summed E-state index contributed by atoms with van der Waals surface area (Å²) in [4.78, 5) is 14.1. The van der Waals surface area contributed by atoms with Gasteiger partial charge in [0.1, 0.15) is 11.1 Å². The molecule has 1 saturated heterocycles. The number of hydrogen-bond donors (Lipinski definition) is 1. The van der Waals surface area contributed by atoms with E-state index in [0.717, 1.165) is 37.7 Å². The lowest BCUT2D eigenvalue weighted by atomic mass is 9.88. The van der Waals surface area contributed by atoms with Crippen molar-refractivity contribution in [3.05, 3.63) is 45.8 Å². The minimum Gasteiger partial charge on any atom is -0.377 e. The standard InChI is InChI=1S/C23H27N3O4S2/c1-15-5-10-19-20(13-24)23(31-21(19)12-15)25-22(27)16-6-8-18(9-7-16)32(28,29)26(2)14-17-4-3-11-30-17/h6-9,15,17H,3-5,10-12,14H2,1-2H3,(H,25,27)/t15-,17-/m0/s1. The largest absolute Gasteiger partial charge is 0.377 e. The van der Waals surface area contributed by atoms with Gasteiger partial charge in [0.15, 0.2) is 0 Å². The van der Waals surface area contributed by atoms with E-state index in [1.54, 1.807) is 7.05 Å². The molecule has 1 aliphatic heterocycles. The molecular weight excluding hydrogens is 446 g/mol. The zero-order valence-corrected chi connectivity index (χ0v) is 19.9. The summed E-state index contributed by atoms with van der Waals surface area (Å²) in [7, 11) is -2.12. The molecule has 2 aromatic rings. The van der Waals surface area contributed by atoms with E-state index in [9.17, 15) is 18.5 Å². The van der Waals surface area contributed by atoms with Crippen molar-refractivity contribution in [3.8, 4) is 6.07 Å². The van der Waals surface area contributed by atoms with Gasteiger partial charge in [-0.25, -0.2) is 8.42 Å². The van der Waals surface area contributed by atoms with E-state index in [0.29, 0.717) is 35.2 Å². The van der Waals surface area contributed by atoms with Gasteiger partial charge in [-0.05, 0) is 67.9 Å². The fourth-order valence-electron chi connectivity index (χ4n) is 4.26. The molecule has 2 heterocycles. The Morgan fingerprint density at radius 2 is 2.06 bits per heavy atom. The zero-order chi connectivity index (χ0) is 22.9. The van der Waals surface area contributed by atoms with Gasteiger partial charge < -0.3 is 10.1 Å². The molecule has 1 N–H and O–H groups in total. The number of hydrogen-bond acceptors (Lipinski definition) is 6. The highest BCUT2D eigenvalue weighted by Gasteiger charge is 2.27. The van der Waals surface area contributed by atoms with E-state index in [2.05, 4.69) is 18.3 Å². The second kappa shape index (κ2) is 9.32. The van der Waals surface area contributed by atoms with Crippen LogP contribution in [-0.4, -0.2) is 44.9 Å². The summed E-state index contributed by atoms with van der Waals surface area (Å²) >= 11 is 1.47. The molecule has 2 aliphatic rings. The number of sulfonamides is 1. The molecule has 0 spiro atoms. The molecule has 0 radical (unpaired) electrons. The van der Waals surface area contributed by atoms with Crippen LogP contribution in [0.5, 0.6) is 0 Å². The maximum absolute atomic E-state index is 12.8. The average molecular weight is 474 g/mol. The van der Waals surface area contributed by atoms with Crippen LogP contribution in [0.3, 0.4) is 0 Å². The molecule has 7 nitrogen and oxygen atoms in total. The molecule has 1 aromatic heterocycles. The van der Waals surface area contributed by atoms with Crippen molar-refractivity contribution in [3.63, 3.8) is 0 Å². The normalized spacial score (nSPS) is 20.7. The van der Waals surface area contributed by atoms with Gasteiger partial charge in [0, 0.05) is 30.6 Å². The van der Waals surface area contributed by atoms with E-state index >= 15 is 0 Å². The predicted molar refractivity (Wildman–Crippen MR) is 123 cm³/mol. The highest BCUT2D eigenvalue weighted by atomic mass is 32.2. The van der Waals surface area contributed by atoms with E-state index < -0.39 is 10.0 Å². The second-order valence-electron chi connectivity index (χ2n) is 8.57. The first-order valence-corrected chi connectivity index (χ1v) is 13.1. The van der Waals surface area contributed by atoms with Crippen LogP contribution in [0.25, 0.3) is 0 Å². The number of thiophene rings is 1. The summed E-state index contributed by atoms with van der Waals surface area (Å²) in [6, 6.07) is 8.15. The highest BCUT2D eigenvalue weighted by Crippen LogP contribution is 2.39. The summed E-state index contributed by atoms with van der Waals surface area (Å²) < 4.78 is 32.5. The molecule has 1 aliphatic carbocycles. The van der Waals surface area contributed by atoms with Crippen LogP contribution in [0.15, 0.2) is 29.2 Å². The third-order valence-electron chi connectivity index (χ3n) is 6.16. The first kappa shape index (κ1) is 22.9. The molecule has 1 aromatic carbocycles. The maximum atomic E-state index is 12.8. The van der Waals surface area contributed by atoms with Crippen molar-refractivity contribution in [2.45, 2.75) is 50.0 Å². The minimum absolute atomic E-state index is 0.0752. The minimum atomic E-state index is -3.67. The van der Waals surface area contributed by atoms with Gasteiger partial charge in [-0.2, -0.15) is 9.57 Å². The number of nitrogens with zero attached hydrogens (tertiary/aromatic N) is 2. The highest BCUT2D eigenvalue weighted by molar-refractivity contribution is 7.89. The summed E-state index contributed by atoms with van der Waals surface area (Å²) in [5.41, 5.74) is 1.95. The van der Waals surface area contributed by atoms with Crippen LogP contribution in [0.2, 0.25) is 0 Å².